The van der Waals surface area contributed by atoms with Crippen molar-refractivity contribution in [3.63, 3.8) is 0 Å². The molecular weight excluding hydrogens is 434 g/mol. The van der Waals surface area contributed by atoms with Crippen LogP contribution < -0.4 is 11.1 Å². The molecule has 0 aromatic heterocycles. The van der Waals surface area contributed by atoms with Gasteiger partial charge in [-0.05, 0) is 60.4 Å². The fraction of sp³-hybridized carbons (Fsp3) is 0.517. The lowest BCUT2D eigenvalue weighted by molar-refractivity contribution is -0.128. The van der Waals surface area contributed by atoms with E-state index < -0.39 is 11.6 Å². The first-order chi connectivity index (χ1) is 16.9. The number of nitrogens with one attached hydrogen (secondary N) is 1. The van der Waals surface area contributed by atoms with E-state index in [-0.39, 0.29) is 11.8 Å². The van der Waals surface area contributed by atoms with Gasteiger partial charge in [0, 0.05) is 39.1 Å². The Balaban J connectivity index is 1.16. The van der Waals surface area contributed by atoms with Crippen molar-refractivity contribution in [3.05, 3.63) is 59.7 Å². The van der Waals surface area contributed by atoms with Crippen molar-refractivity contribution in [2.45, 2.75) is 50.2 Å². The van der Waals surface area contributed by atoms with Gasteiger partial charge in [-0.2, -0.15) is 5.26 Å². The average Bonchev–Trinajstić information content (AvgIpc) is 3.47. The number of hydrogen-bond donors (Lipinski definition) is 2. The van der Waals surface area contributed by atoms with Gasteiger partial charge in [-0.3, -0.25) is 9.69 Å². The van der Waals surface area contributed by atoms with E-state index in [2.05, 4.69) is 76.8 Å². The Morgan fingerprint density at radius 1 is 1.06 bits per heavy atom. The van der Waals surface area contributed by atoms with Gasteiger partial charge < -0.3 is 16.0 Å². The molecule has 2 aliphatic carbocycles. The van der Waals surface area contributed by atoms with Crippen LogP contribution in [0.4, 0.5) is 0 Å². The molecular formula is C29H37N5O. The van der Waals surface area contributed by atoms with Gasteiger partial charge in [0.2, 0.25) is 5.91 Å². The number of nitriles is 1. The first kappa shape index (κ1) is 24.0. The molecule has 1 amide bonds. The molecule has 2 aromatic carbocycles. The van der Waals surface area contributed by atoms with Crippen molar-refractivity contribution >= 4 is 5.91 Å². The molecule has 1 aliphatic heterocycles. The van der Waals surface area contributed by atoms with Gasteiger partial charge in [-0.1, -0.05) is 55.0 Å². The summed E-state index contributed by atoms with van der Waals surface area (Å²) < 4.78 is 0. The summed E-state index contributed by atoms with van der Waals surface area (Å²) in [6, 6.07) is 18.8. The van der Waals surface area contributed by atoms with E-state index in [1.165, 1.54) is 17.5 Å². The van der Waals surface area contributed by atoms with E-state index in [9.17, 15) is 10.1 Å². The number of nitrogens with zero attached hydrogens (tertiary/aromatic N) is 3. The number of nitrogens with two attached hydrogens (primary N) is 1. The molecule has 1 saturated heterocycles. The highest BCUT2D eigenvalue weighted by Crippen LogP contribution is 2.49. The van der Waals surface area contributed by atoms with E-state index in [1.54, 1.807) is 0 Å². The van der Waals surface area contributed by atoms with E-state index in [4.69, 9.17) is 5.73 Å². The third-order valence-electron chi connectivity index (χ3n) is 8.46. The second-order valence-corrected chi connectivity index (χ2v) is 11.0. The van der Waals surface area contributed by atoms with E-state index in [1.807, 2.05) is 0 Å². The van der Waals surface area contributed by atoms with Gasteiger partial charge in [0.05, 0.1) is 11.6 Å². The van der Waals surface area contributed by atoms with Crippen LogP contribution in [0.25, 0.3) is 11.1 Å². The van der Waals surface area contributed by atoms with Crippen LogP contribution in [0.2, 0.25) is 0 Å². The number of rotatable bonds is 7. The van der Waals surface area contributed by atoms with Crippen LogP contribution in [0.5, 0.6) is 0 Å². The van der Waals surface area contributed by atoms with Crippen LogP contribution in [0.1, 0.15) is 36.8 Å². The Kier molecular flexibility index (Phi) is 6.93. The van der Waals surface area contributed by atoms with Gasteiger partial charge in [0.1, 0.15) is 6.04 Å². The maximum atomic E-state index is 12.9. The Bertz CT molecular complexity index is 1070. The highest BCUT2D eigenvalue weighted by Gasteiger charge is 2.53. The smallest absolute Gasteiger partial charge is 0.241 e. The van der Waals surface area contributed by atoms with Crippen molar-refractivity contribution in [3.8, 4) is 17.2 Å². The van der Waals surface area contributed by atoms with E-state index in [0.29, 0.717) is 12.3 Å². The molecule has 2 bridgehead atoms. The summed E-state index contributed by atoms with van der Waals surface area (Å²) in [5.74, 6) is 0.688. The lowest BCUT2D eigenvalue weighted by Crippen LogP contribution is -2.59. The van der Waals surface area contributed by atoms with Crippen LogP contribution in [0.15, 0.2) is 48.5 Å². The Hall–Kier alpha value is -2.72. The molecule has 2 saturated carbocycles. The maximum absolute atomic E-state index is 12.9. The van der Waals surface area contributed by atoms with Crippen LogP contribution >= 0.6 is 0 Å². The maximum Gasteiger partial charge on any atom is 0.241 e. The number of carbonyl (C=O) groups excluding carboxylic acids is 1. The van der Waals surface area contributed by atoms with Gasteiger partial charge in [0.25, 0.3) is 0 Å². The second kappa shape index (κ2) is 10.1. The second-order valence-electron chi connectivity index (χ2n) is 11.0. The number of piperazine rings is 1. The fourth-order valence-corrected chi connectivity index (χ4v) is 6.21. The lowest BCUT2D eigenvalue weighted by Gasteiger charge is -2.33. The Labute approximate surface area is 209 Å². The minimum Gasteiger partial charge on any atom is -0.338 e. The lowest BCUT2D eigenvalue weighted by atomic mass is 9.81. The van der Waals surface area contributed by atoms with Crippen LogP contribution in [0.3, 0.4) is 0 Å². The monoisotopic (exact) mass is 471 g/mol. The summed E-state index contributed by atoms with van der Waals surface area (Å²) in [4.78, 5) is 17.8. The largest absolute Gasteiger partial charge is 0.338 e. The van der Waals surface area contributed by atoms with Gasteiger partial charge >= 0.3 is 0 Å². The van der Waals surface area contributed by atoms with E-state index in [0.717, 1.165) is 63.1 Å². The van der Waals surface area contributed by atoms with Crippen molar-refractivity contribution in [2.75, 3.05) is 33.2 Å². The average molecular weight is 472 g/mol. The molecule has 3 fully saturated rings. The summed E-state index contributed by atoms with van der Waals surface area (Å²) in [6.45, 7) is 5.51. The molecule has 4 atom stereocenters. The fourth-order valence-electron chi connectivity index (χ4n) is 6.21. The third kappa shape index (κ3) is 5.28. The number of amides is 1. The number of carbonyl (C=O) groups is 1. The van der Waals surface area contributed by atoms with Gasteiger partial charge in [0.15, 0.2) is 0 Å². The Morgan fingerprint density at radius 2 is 1.69 bits per heavy atom. The summed E-state index contributed by atoms with van der Waals surface area (Å²) in [6.07, 6.45) is 4.51. The first-order valence-electron chi connectivity index (χ1n) is 13.0. The van der Waals surface area contributed by atoms with Gasteiger partial charge in [-0.15, -0.1) is 0 Å². The summed E-state index contributed by atoms with van der Waals surface area (Å²) >= 11 is 0. The number of benzene rings is 2. The van der Waals surface area contributed by atoms with Crippen molar-refractivity contribution in [1.82, 2.24) is 15.1 Å². The Morgan fingerprint density at radius 3 is 2.23 bits per heavy atom. The number of likely N-dealkylation sites (N-methyl/N-ethyl adjacent to an activating group) is 1. The normalized spacial score (nSPS) is 27.5. The topological polar surface area (TPSA) is 85.4 Å². The molecule has 35 heavy (non-hydrogen) atoms. The zero-order chi connectivity index (χ0) is 24.4. The standard InChI is InChI=1S/C29H37N5O/c1-33-12-14-34(15-13-33)20-22-4-9-25(10-5-22)24-7-2-21(3-8-24)17-27(19-30)32-28(35)29(31)18-23-6-11-26(29)16-23/h2-5,7-10,23,26-27H,6,11-18,20,31H2,1H3,(H,32,35)/t23?,26?,27?,29-/m0/s1. The molecule has 3 unspecified atom stereocenters. The molecule has 6 heteroatoms. The predicted molar refractivity (Wildman–Crippen MR) is 138 cm³/mol. The molecule has 6 nitrogen and oxygen atoms in total. The molecule has 2 aromatic rings. The highest BCUT2D eigenvalue weighted by atomic mass is 16.2. The molecule has 0 radical (unpaired) electrons. The van der Waals surface area contributed by atoms with Crippen LogP contribution in [-0.2, 0) is 17.8 Å². The third-order valence-corrected chi connectivity index (χ3v) is 8.46. The quantitative estimate of drug-likeness (QED) is 0.648. The first-order valence-corrected chi connectivity index (χ1v) is 13.0. The molecule has 184 valence electrons. The molecule has 3 aliphatic rings. The van der Waals surface area contributed by atoms with Crippen molar-refractivity contribution in [1.29, 1.82) is 5.26 Å². The highest BCUT2D eigenvalue weighted by molar-refractivity contribution is 5.87. The zero-order valence-corrected chi connectivity index (χ0v) is 20.7. The number of hydrogen-bond acceptors (Lipinski definition) is 5. The zero-order valence-electron chi connectivity index (χ0n) is 20.7. The predicted octanol–water partition coefficient (Wildman–Crippen LogP) is 3.17. The molecule has 5 rings (SSSR count). The molecule has 0 spiro atoms. The van der Waals surface area contributed by atoms with Gasteiger partial charge in [-0.25, -0.2) is 0 Å². The minimum atomic E-state index is -0.793. The number of fused-ring (bicyclic) bond motifs is 2. The minimum absolute atomic E-state index is 0.149. The van der Waals surface area contributed by atoms with E-state index >= 15 is 0 Å². The summed E-state index contributed by atoms with van der Waals surface area (Å²) in [5, 5.41) is 12.6. The molecule has 3 N–H and O–H groups in total. The van der Waals surface area contributed by atoms with Crippen molar-refractivity contribution in [2.24, 2.45) is 17.6 Å². The van der Waals surface area contributed by atoms with Crippen molar-refractivity contribution < 1.29 is 4.79 Å². The molecule has 1 heterocycles. The SMILES string of the molecule is CN1CCN(Cc2ccc(-c3ccc(CC(C#N)NC(=O)[C@]4(N)CC5CCC4C5)cc3)cc2)CC1. The summed E-state index contributed by atoms with van der Waals surface area (Å²) in [7, 11) is 2.18. The van der Waals surface area contributed by atoms with Crippen LogP contribution in [0, 0.1) is 23.2 Å². The summed E-state index contributed by atoms with van der Waals surface area (Å²) in [5.41, 5.74) is 10.4. The van der Waals surface area contributed by atoms with Crippen LogP contribution in [-0.4, -0.2) is 60.5 Å².